The predicted molar refractivity (Wildman–Crippen MR) is 76.9 cm³/mol. The van der Waals surface area contributed by atoms with Crippen LogP contribution in [0.5, 0.6) is 5.75 Å². The van der Waals surface area contributed by atoms with Crippen molar-refractivity contribution in [3.8, 4) is 5.75 Å². The number of para-hydroxylation sites is 1. The monoisotopic (exact) mass is 260 g/mol. The summed E-state index contributed by atoms with van der Waals surface area (Å²) in [6.07, 6.45) is 8.84. The zero-order valence-electron chi connectivity index (χ0n) is 11.5. The van der Waals surface area contributed by atoms with E-state index in [-0.39, 0.29) is 6.04 Å². The molecule has 104 valence electrons. The Morgan fingerprint density at radius 2 is 2.00 bits per heavy atom. The number of ether oxygens (including phenoxy) is 1. The van der Waals surface area contributed by atoms with E-state index in [2.05, 4.69) is 23.6 Å². The van der Waals surface area contributed by atoms with Gasteiger partial charge in [-0.05, 0) is 37.2 Å². The average molecular weight is 260 g/mol. The maximum Gasteiger partial charge on any atom is 0.127 e. The van der Waals surface area contributed by atoms with Crippen LogP contribution in [0.15, 0.2) is 18.2 Å². The number of aryl methyl sites for hydroxylation is 1. The summed E-state index contributed by atoms with van der Waals surface area (Å²) in [7, 11) is 0. The number of nitrogens with one attached hydrogen (secondary N) is 1. The minimum atomic E-state index is 0.244. The van der Waals surface area contributed by atoms with Crippen LogP contribution in [0, 0.1) is 5.92 Å². The quantitative estimate of drug-likeness (QED) is 0.648. The fraction of sp³-hybridized carbons (Fsp3) is 0.625. The van der Waals surface area contributed by atoms with Gasteiger partial charge in [-0.1, -0.05) is 37.5 Å². The van der Waals surface area contributed by atoms with Crippen molar-refractivity contribution in [3.63, 3.8) is 0 Å². The first kappa shape index (κ1) is 12.9. The Morgan fingerprint density at radius 1 is 1.16 bits per heavy atom. The Kier molecular flexibility index (Phi) is 4.04. The third kappa shape index (κ3) is 2.63. The van der Waals surface area contributed by atoms with Gasteiger partial charge in [0.15, 0.2) is 0 Å². The van der Waals surface area contributed by atoms with Crippen LogP contribution in [-0.4, -0.2) is 6.61 Å². The molecule has 0 aromatic heterocycles. The molecule has 0 amide bonds. The van der Waals surface area contributed by atoms with E-state index >= 15 is 0 Å². The van der Waals surface area contributed by atoms with E-state index in [1.54, 1.807) is 0 Å². The molecule has 1 heterocycles. The standard InChI is InChI=1S/C16H24N2O/c17-18-15(12-6-2-1-3-7-12)14-10-4-8-13-9-5-11-19-16(13)14/h4,8,10,12,15,18H,1-3,5-7,9,11,17H2. The highest BCUT2D eigenvalue weighted by Gasteiger charge is 2.28. The molecule has 0 radical (unpaired) electrons. The first-order valence-corrected chi connectivity index (χ1v) is 7.61. The zero-order chi connectivity index (χ0) is 13.1. The molecular formula is C16H24N2O. The van der Waals surface area contributed by atoms with Crippen molar-refractivity contribution in [2.24, 2.45) is 11.8 Å². The second-order valence-corrected chi connectivity index (χ2v) is 5.83. The van der Waals surface area contributed by atoms with Gasteiger partial charge in [-0.3, -0.25) is 11.3 Å². The van der Waals surface area contributed by atoms with Crippen LogP contribution in [0.3, 0.4) is 0 Å². The van der Waals surface area contributed by atoms with Crippen LogP contribution < -0.4 is 16.0 Å². The molecule has 2 aliphatic rings. The molecule has 19 heavy (non-hydrogen) atoms. The molecule has 3 rings (SSSR count). The first-order valence-electron chi connectivity index (χ1n) is 7.61. The van der Waals surface area contributed by atoms with Crippen LogP contribution >= 0.6 is 0 Å². The smallest absolute Gasteiger partial charge is 0.127 e. The summed E-state index contributed by atoms with van der Waals surface area (Å²) in [5.41, 5.74) is 5.68. The largest absolute Gasteiger partial charge is 0.493 e. The van der Waals surface area contributed by atoms with Crippen LogP contribution in [0.4, 0.5) is 0 Å². The molecule has 1 unspecified atom stereocenters. The fourth-order valence-electron chi connectivity index (χ4n) is 3.61. The molecule has 0 bridgehead atoms. The zero-order valence-corrected chi connectivity index (χ0v) is 11.5. The Balaban J connectivity index is 1.90. The summed E-state index contributed by atoms with van der Waals surface area (Å²) in [5.74, 6) is 7.61. The summed E-state index contributed by atoms with van der Waals surface area (Å²) in [6.45, 7) is 0.839. The van der Waals surface area contributed by atoms with Crippen molar-refractivity contribution >= 4 is 0 Å². The molecule has 1 aromatic carbocycles. The Hall–Kier alpha value is -1.06. The number of hydrogen-bond acceptors (Lipinski definition) is 3. The van der Waals surface area contributed by atoms with Crippen LogP contribution in [0.1, 0.15) is 55.7 Å². The SMILES string of the molecule is NNC(c1cccc2c1OCCC2)C1CCCCC1. The van der Waals surface area contributed by atoms with Crippen LogP contribution in [0.2, 0.25) is 0 Å². The topological polar surface area (TPSA) is 47.3 Å². The van der Waals surface area contributed by atoms with Crippen molar-refractivity contribution in [1.29, 1.82) is 0 Å². The molecule has 1 aliphatic heterocycles. The van der Waals surface area contributed by atoms with Gasteiger partial charge in [-0.2, -0.15) is 0 Å². The van der Waals surface area contributed by atoms with E-state index in [1.165, 1.54) is 43.2 Å². The van der Waals surface area contributed by atoms with Gasteiger partial charge < -0.3 is 4.74 Å². The van der Waals surface area contributed by atoms with Crippen molar-refractivity contribution in [3.05, 3.63) is 29.3 Å². The van der Waals surface area contributed by atoms with Gasteiger partial charge in [0, 0.05) is 5.56 Å². The second kappa shape index (κ2) is 5.93. The van der Waals surface area contributed by atoms with Gasteiger partial charge in [0.05, 0.1) is 12.6 Å². The molecule has 1 fully saturated rings. The molecule has 3 heteroatoms. The molecule has 1 aliphatic carbocycles. The Bertz CT molecular complexity index is 427. The molecular weight excluding hydrogens is 236 g/mol. The summed E-state index contributed by atoms with van der Waals surface area (Å²) in [5, 5.41) is 0. The number of hydrazine groups is 1. The number of hydrogen-bond donors (Lipinski definition) is 2. The minimum absolute atomic E-state index is 0.244. The Labute approximate surface area is 115 Å². The highest BCUT2D eigenvalue weighted by molar-refractivity contribution is 5.44. The maximum atomic E-state index is 5.93. The van der Waals surface area contributed by atoms with Gasteiger partial charge in [0.2, 0.25) is 0 Å². The third-order valence-corrected chi connectivity index (χ3v) is 4.60. The number of nitrogens with two attached hydrogens (primary N) is 1. The van der Waals surface area contributed by atoms with E-state index in [0.717, 1.165) is 25.2 Å². The molecule has 3 nitrogen and oxygen atoms in total. The highest BCUT2D eigenvalue weighted by atomic mass is 16.5. The van der Waals surface area contributed by atoms with E-state index in [0.29, 0.717) is 5.92 Å². The van der Waals surface area contributed by atoms with E-state index < -0.39 is 0 Å². The normalized spacial score (nSPS) is 21.5. The lowest BCUT2D eigenvalue weighted by Gasteiger charge is -2.32. The summed E-state index contributed by atoms with van der Waals surface area (Å²) < 4.78 is 5.93. The lowest BCUT2D eigenvalue weighted by Crippen LogP contribution is -2.35. The average Bonchev–Trinajstić information content (AvgIpc) is 2.49. The molecule has 1 aromatic rings. The summed E-state index contributed by atoms with van der Waals surface area (Å²) >= 11 is 0. The van der Waals surface area contributed by atoms with Crippen molar-refractivity contribution in [2.45, 2.75) is 51.0 Å². The second-order valence-electron chi connectivity index (χ2n) is 5.83. The van der Waals surface area contributed by atoms with Crippen molar-refractivity contribution in [1.82, 2.24) is 5.43 Å². The van der Waals surface area contributed by atoms with Crippen molar-refractivity contribution < 1.29 is 4.74 Å². The number of rotatable bonds is 3. The minimum Gasteiger partial charge on any atom is -0.493 e. The van der Waals surface area contributed by atoms with Crippen LogP contribution in [0.25, 0.3) is 0 Å². The third-order valence-electron chi connectivity index (χ3n) is 4.60. The van der Waals surface area contributed by atoms with Crippen LogP contribution in [-0.2, 0) is 6.42 Å². The van der Waals surface area contributed by atoms with Gasteiger partial charge in [0.25, 0.3) is 0 Å². The molecule has 1 saturated carbocycles. The number of fused-ring (bicyclic) bond motifs is 1. The fourth-order valence-corrected chi connectivity index (χ4v) is 3.61. The predicted octanol–water partition coefficient (Wildman–Crippen LogP) is 3.10. The molecule has 0 saturated heterocycles. The maximum absolute atomic E-state index is 5.93. The van der Waals surface area contributed by atoms with E-state index in [1.807, 2.05) is 0 Å². The summed E-state index contributed by atoms with van der Waals surface area (Å²) in [6, 6.07) is 6.76. The van der Waals surface area contributed by atoms with Gasteiger partial charge in [0.1, 0.15) is 5.75 Å². The first-order chi connectivity index (χ1) is 9.40. The Morgan fingerprint density at radius 3 is 2.79 bits per heavy atom. The number of benzene rings is 1. The van der Waals surface area contributed by atoms with E-state index in [4.69, 9.17) is 10.6 Å². The van der Waals surface area contributed by atoms with E-state index in [9.17, 15) is 0 Å². The van der Waals surface area contributed by atoms with Gasteiger partial charge in [-0.15, -0.1) is 0 Å². The van der Waals surface area contributed by atoms with Crippen molar-refractivity contribution in [2.75, 3.05) is 6.61 Å². The highest BCUT2D eigenvalue weighted by Crippen LogP contribution is 2.40. The lowest BCUT2D eigenvalue weighted by atomic mass is 9.80. The lowest BCUT2D eigenvalue weighted by molar-refractivity contribution is 0.250. The molecule has 0 spiro atoms. The molecule has 3 N–H and O–H groups in total. The van der Waals surface area contributed by atoms with Gasteiger partial charge >= 0.3 is 0 Å². The summed E-state index contributed by atoms with van der Waals surface area (Å²) in [4.78, 5) is 0. The molecule has 1 atom stereocenters. The van der Waals surface area contributed by atoms with Gasteiger partial charge in [-0.25, -0.2) is 0 Å².